The molecule has 180 valence electrons. The van der Waals surface area contributed by atoms with Crippen molar-refractivity contribution in [3.63, 3.8) is 0 Å². The van der Waals surface area contributed by atoms with E-state index in [1.165, 1.54) is 10.7 Å². The van der Waals surface area contributed by atoms with Crippen LogP contribution >= 0.6 is 34.5 Å². The van der Waals surface area contributed by atoms with Crippen LogP contribution in [-0.4, -0.2) is 24.3 Å². The van der Waals surface area contributed by atoms with Crippen molar-refractivity contribution in [2.24, 2.45) is 0 Å². The third-order valence-electron chi connectivity index (χ3n) is 6.58. The number of allylic oxidation sites excluding steroid dienone is 1. The van der Waals surface area contributed by atoms with E-state index >= 15 is 0 Å². The van der Waals surface area contributed by atoms with Crippen molar-refractivity contribution in [1.29, 1.82) is 0 Å². The van der Waals surface area contributed by atoms with Gasteiger partial charge >= 0.3 is 0 Å². The van der Waals surface area contributed by atoms with E-state index in [4.69, 9.17) is 33.2 Å². The summed E-state index contributed by atoms with van der Waals surface area (Å²) in [6, 6.07) is 15.1. The van der Waals surface area contributed by atoms with Crippen LogP contribution in [0.3, 0.4) is 0 Å². The molecule has 1 aliphatic carbocycles. The Morgan fingerprint density at radius 2 is 1.68 bits per heavy atom. The van der Waals surface area contributed by atoms with Crippen LogP contribution in [0, 0.1) is 0 Å². The van der Waals surface area contributed by atoms with Crippen molar-refractivity contribution in [3.05, 3.63) is 102 Å². The number of rotatable bonds is 2. The fourth-order valence-electron chi connectivity index (χ4n) is 4.93. The van der Waals surface area contributed by atoms with Crippen LogP contribution in [0.5, 0.6) is 0 Å². The van der Waals surface area contributed by atoms with Gasteiger partial charge in [0.25, 0.3) is 11.1 Å². The number of benzene rings is 2. The molecule has 7 rings (SSSR count). The number of hydrogen-bond acceptors (Lipinski definition) is 6. The second kappa shape index (κ2) is 8.34. The van der Waals surface area contributed by atoms with Crippen molar-refractivity contribution in [2.75, 3.05) is 0 Å². The Hall–Kier alpha value is -3.85. The maximum atomic E-state index is 14.0. The molecule has 0 radical (unpaired) electrons. The number of aromatic nitrogens is 5. The van der Waals surface area contributed by atoms with E-state index in [1.807, 2.05) is 36.4 Å². The predicted octanol–water partition coefficient (Wildman–Crippen LogP) is 6.00. The summed E-state index contributed by atoms with van der Waals surface area (Å²) in [6.07, 6.45) is 4.89. The summed E-state index contributed by atoms with van der Waals surface area (Å²) < 4.78 is 1.75. The Balaban J connectivity index is 1.59. The minimum absolute atomic E-state index is 0.286. The molecule has 1 N–H and O–H groups in total. The molecular weight excluding hydrogens is 529 g/mol. The van der Waals surface area contributed by atoms with E-state index < -0.39 is 0 Å². The maximum absolute atomic E-state index is 14.0. The number of halogens is 2. The van der Waals surface area contributed by atoms with E-state index in [2.05, 4.69) is 16.0 Å². The SMILES string of the molecule is O=c1[nH]cnc2c1sc1nc3nc4c(c(-c5ccc(Cl)cc5)c3c(=O)n12)CC/C4=C\c1ccc(Cl)cc1. The van der Waals surface area contributed by atoms with Crippen molar-refractivity contribution < 1.29 is 0 Å². The molecule has 0 bridgehead atoms. The van der Waals surface area contributed by atoms with Crippen molar-refractivity contribution in [3.8, 4) is 11.1 Å². The number of aromatic amines is 1. The number of thiazole rings is 1. The fourth-order valence-corrected chi connectivity index (χ4v) is 6.15. The van der Waals surface area contributed by atoms with E-state index in [0.29, 0.717) is 30.7 Å². The molecule has 0 atom stereocenters. The van der Waals surface area contributed by atoms with E-state index in [-0.39, 0.29) is 16.8 Å². The van der Waals surface area contributed by atoms with Crippen LogP contribution in [0.4, 0.5) is 0 Å². The monoisotopic (exact) mass is 543 g/mol. The molecule has 0 fully saturated rings. The number of nitrogens with one attached hydrogen (secondary N) is 1. The minimum Gasteiger partial charge on any atom is -0.312 e. The average Bonchev–Trinajstić information content (AvgIpc) is 3.47. The van der Waals surface area contributed by atoms with Crippen LogP contribution in [0.1, 0.15) is 23.2 Å². The maximum Gasteiger partial charge on any atom is 0.270 e. The summed E-state index contributed by atoms with van der Waals surface area (Å²) in [6.45, 7) is 0. The van der Waals surface area contributed by atoms with Crippen molar-refractivity contribution in [2.45, 2.75) is 12.8 Å². The van der Waals surface area contributed by atoms with Crippen LogP contribution in [0.15, 0.2) is 64.4 Å². The highest BCUT2D eigenvalue weighted by Crippen LogP contribution is 2.41. The average molecular weight is 544 g/mol. The first kappa shape index (κ1) is 22.4. The van der Waals surface area contributed by atoms with E-state index in [9.17, 15) is 9.59 Å². The van der Waals surface area contributed by atoms with Gasteiger partial charge in [0.05, 0.1) is 17.4 Å². The van der Waals surface area contributed by atoms with Gasteiger partial charge in [-0.15, -0.1) is 0 Å². The highest BCUT2D eigenvalue weighted by Gasteiger charge is 2.27. The van der Waals surface area contributed by atoms with Gasteiger partial charge < -0.3 is 4.98 Å². The normalized spacial score (nSPS) is 14.3. The molecule has 0 spiro atoms. The summed E-state index contributed by atoms with van der Waals surface area (Å²) in [5.74, 6) is 0. The molecule has 0 saturated heterocycles. The van der Waals surface area contributed by atoms with Gasteiger partial charge in [0.2, 0.25) is 4.96 Å². The molecule has 0 unspecified atom stereocenters. The fraction of sp³-hybridized carbons (Fsp3) is 0.0741. The zero-order valence-electron chi connectivity index (χ0n) is 19.0. The zero-order valence-corrected chi connectivity index (χ0v) is 21.3. The molecule has 0 amide bonds. The Kier molecular flexibility index (Phi) is 5.04. The molecular formula is C27H15Cl2N5O2S. The Bertz CT molecular complexity index is 2040. The van der Waals surface area contributed by atoms with Gasteiger partial charge in [0.15, 0.2) is 11.3 Å². The molecule has 4 aromatic heterocycles. The first-order chi connectivity index (χ1) is 18.0. The summed E-state index contributed by atoms with van der Waals surface area (Å²) in [7, 11) is 0. The molecule has 0 saturated carbocycles. The quantitative estimate of drug-likeness (QED) is 0.289. The first-order valence-electron chi connectivity index (χ1n) is 11.5. The lowest BCUT2D eigenvalue weighted by molar-refractivity contribution is 1.07. The van der Waals surface area contributed by atoms with Gasteiger partial charge in [0.1, 0.15) is 4.70 Å². The lowest BCUT2D eigenvalue weighted by Gasteiger charge is -2.12. The van der Waals surface area contributed by atoms with Gasteiger partial charge in [-0.2, -0.15) is 4.98 Å². The van der Waals surface area contributed by atoms with Crippen LogP contribution in [0.25, 0.3) is 49.1 Å². The van der Waals surface area contributed by atoms with Gasteiger partial charge in [-0.25, -0.2) is 14.4 Å². The highest BCUT2D eigenvalue weighted by molar-refractivity contribution is 7.23. The third kappa shape index (κ3) is 3.52. The summed E-state index contributed by atoms with van der Waals surface area (Å²) in [4.78, 5) is 43.3. The second-order valence-corrected chi connectivity index (χ2v) is 10.6. The minimum atomic E-state index is -0.314. The lowest BCUT2D eigenvalue weighted by atomic mass is 9.96. The number of fused-ring (bicyclic) bond motifs is 5. The van der Waals surface area contributed by atoms with Crippen molar-refractivity contribution in [1.82, 2.24) is 24.3 Å². The summed E-state index contributed by atoms with van der Waals surface area (Å²) in [5.41, 5.74) is 5.52. The van der Waals surface area contributed by atoms with E-state index in [0.717, 1.165) is 57.7 Å². The zero-order chi connectivity index (χ0) is 25.3. The van der Waals surface area contributed by atoms with Crippen molar-refractivity contribution >= 4 is 72.5 Å². The van der Waals surface area contributed by atoms with Gasteiger partial charge in [-0.1, -0.05) is 58.8 Å². The van der Waals surface area contributed by atoms with Crippen LogP contribution in [0.2, 0.25) is 10.0 Å². The Morgan fingerprint density at radius 1 is 0.946 bits per heavy atom. The summed E-state index contributed by atoms with van der Waals surface area (Å²) in [5, 5.41) is 1.67. The third-order valence-corrected chi connectivity index (χ3v) is 8.11. The second-order valence-electron chi connectivity index (χ2n) is 8.76. The first-order valence-corrected chi connectivity index (χ1v) is 13.0. The topological polar surface area (TPSA) is 93.0 Å². The number of pyridine rings is 1. The molecule has 4 heterocycles. The van der Waals surface area contributed by atoms with Gasteiger partial charge in [0, 0.05) is 15.6 Å². The lowest BCUT2D eigenvalue weighted by Crippen LogP contribution is -2.17. The number of nitrogens with zero attached hydrogens (tertiary/aromatic N) is 4. The molecule has 1 aliphatic rings. The molecule has 37 heavy (non-hydrogen) atoms. The highest BCUT2D eigenvalue weighted by atomic mass is 35.5. The van der Waals surface area contributed by atoms with Crippen LogP contribution < -0.4 is 11.1 Å². The van der Waals surface area contributed by atoms with Gasteiger partial charge in [-0.05, 0) is 65.4 Å². The Morgan fingerprint density at radius 3 is 2.43 bits per heavy atom. The van der Waals surface area contributed by atoms with Gasteiger partial charge in [-0.3, -0.25) is 9.59 Å². The smallest absolute Gasteiger partial charge is 0.270 e. The summed E-state index contributed by atoms with van der Waals surface area (Å²) >= 11 is 13.4. The van der Waals surface area contributed by atoms with E-state index in [1.54, 1.807) is 12.1 Å². The number of hydrogen-bond donors (Lipinski definition) is 1. The molecule has 7 nitrogen and oxygen atoms in total. The predicted molar refractivity (Wildman–Crippen MR) is 149 cm³/mol. The largest absolute Gasteiger partial charge is 0.312 e. The number of H-pyrrole nitrogens is 1. The Labute approximate surface area is 222 Å². The molecule has 2 aromatic carbocycles. The standard InChI is InChI=1S/C27H15Cl2N5O2S/c28-16-6-1-13(2-7-16)11-15-5-10-18-19(14-3-8-17(29)9-4-14)20-23(32-21(15)18)33-27-34(26(20)36)24-22(37-27)25(35)31-12-30-24/h1-4,6-9,11-12H,5,10H2,(H,30,31,35)/b15-11+. The molecule has 0 aliphatic heterocycles. The van der Waals surface area contributed by atoms with Crippen LogP contribution in [-0.2, 0) is 6.42 Å². The molecule has 10 heteroatoms. The molecule has 6 aromatic rings.